The summed E-state index contributed by atoms with van der Waals surface area (Å²) >= 11 is 7.00. The van der Waals surface area contributed by atoms with Gasteiger partial charge < -0.3 is 5.32 Å². The molecule has 64 valence electrons. The van der Waals surface area contributed by atoms with Gasteiger partial charge in [-0.1, -0.05) is 0 Å². The largest absolute Gasteiger partial charge is 0.315 e. The Hall–Kier alpha value is 0.0700. The standard InChI is InChI=1S/C8H8Br2N2/c9-6-3-12-4-7(10)8(6)5-1-11-2-5/h3-5,11H,1-2H2. The molecule has 0 bridgehead atoms. The minimum Gasteiger partial charge on any atom is -0.315 e. The van der Waals surface area contributed by atoms with Crippen LogP contribution in [0, 0.1) is 0 Å². The van der Waals surface area contributed by atoms with E-state index in [1.807, 2.05) is 12.4 Å². The van der Waals surface area contributed by atoms with Crippen molar-refractivity contribution in [2.45, 2.75) is 5.92 Å². The summed E-state index contributed by atoms with van der Waals surface area (Å²) in [6.07, 6.45) is 3.69. The van der Waals surface area contributed by atoms with Gasteiger partial charge in [-0.2, -0.15) is 0 Å². The van der Waals surface area contributed by atoms with Crippen molar-refractivity contribution < 1.29 is 0 Å². The summed E-state index contributed by atoms with van der Waals surface area (Å²) in [4.78, 5) is 4.07. The van der Waals surface area contributed by atoms with E-state index in [1.165, 1.54) is 5.56 Å². The van der Waals surface area contributed by atoms with Gasteiger partial charge in [-0.3, -0.25) is 4.98 Å². The summed E-state index contributed by atoms with van der Waals surface area (Å²) in [7, 11) is 0. The molecule has 0 amide bonds. The third-order valence-electron chi connectivity index (χ3n) is 2.08. The Labute approximate surface area is 88.0 Å². The molecular weight excluding hydrogens is 284 g/mol. The molecule has 0 unspecified atom stereocenters. The second-order valence-corrected chi connectivity index (χ2v) is 4.58. The molecule has 0 radical (unpaired) electrons. The van der Waals surface area contributed by atoms with E-state index < -0.39 is 0 Å². The topological polar surface area (TPSA) is 24.9 Å². The maximum absolute atomic E-state index is 4.07. The van der Waals surface area contributed by atoms with Crippen molar-refractivity contribution in [3.05, 3.63) is 26.9 Å². The third-order valence-corrected chi connectivity index (χ3v) is 3.34. The first kappa shape index (κ1) is 8.66. The number of aromatic nitrogens is 1. The van der Waals surface area contributed by atoms with Crippen LogP contribution in [0.2, 0.25) is 0 Å². The van der Waals surface area contributed by atoms with Crippen molar-refractivity contribution in [3.63, 3.8) is 0 Å². The van der Waals surface area contributed by atoms with Gasteiger partial charge in [0, 0.05) is 40.3 Å². The Kier molecular flexibility index (Phi) is 2.48. The lowest BCUT2D eigenvalue weighted by Gasteiger charge is -2.28. The van der Waals surface area contributed by atoms with E-state index in [2.05, 4.69) is 42.2 Å². The maximum Gasteiger partial charge on any atom is 0.0413 e. The Balaban J connectivity index is 2.39. The number of nitrogens with zero attached hydrogens (tertiary/aromatic N) is 1. The predicted molar refractivity (Wildman–Crippen MR) is 55.2 cm³/mol. The van der Waals surface area contributed by atoms with E-state index in [0.29, 0.717) is 5.92 Å². The molecule has 0 aliphatic carbocycles. The number of hydrogen-bond donors (Lipinski definition) is 1. The average molecular weight is 292 g/mol. The minimum absolute atomic E-state index is 0.636. The van der Waals surface area contributed by atoms with E-state index in [1.54, 1.807) is 0 Å². The highest BCUT2D eigenvalue weighted by Gasteiger charge is 2.23. The van der Waals surface area contributed by atoms with Crippen LogP contribution >= 0.6 is 31.9 Å². The monoisotopic (exact) mass is 290 g/mol. The highest BCUT2D eigenvalue weighted by molar-refractivity contribution is 9.11. The number of hydrogen-bond acceptors (Lipinski definition) is 2. The zero-order chi connectivity index (χ0) is 8.55. The Morgan fingerprint density at radius 3 is 2.25 bits per heavy atom. The normalized spacial score (nSPS) is 17.5. The fourth-order valence-corrected chi connectivity index (χ4v) is 2.88. The Bertz CT molecular complexity index is 277. The maximum atomic E-state index is 4.07. The van der Waals surface area contributed by atoms with Gasteiger partial charge in [-0.05, 0) is 37.4 Å². The summed E-state index contributed by atoms with van der Waals surface area (Å²) < 4.78 is 2.20. The van der Waals surface area contributed by atoms with E-state index >= 15 is 0 Å². The van der Waals surface area contributed by atoms with Crippen molar-refractivity contribution in [2.24, 2.45) is 0 Å². The van der Waals surface area contributed by atoms with Crippen LogP contribution in [0.15, 0.2) is 21.3 Å². The predicted octanol–water partition coefficient (Wildman–Crippen LogP) is 2.29. The van der Waals surface area contributed by atoms with Gasteiger partial charge in [-0.15, -0.1) is 0 Å². The highest BCUT2D eigenvalue weighted by Crippen LogP contribution is 2.32. The molecule has 1 aliphatic rings. The molecule has 1 fully saturated rings. The number of rotatable bonds is 1. The second-order valence-electron chi connectivity index (χ2n) is 2.87. The van der Waals surface area contributed by atoms with E-state index in [4.69, 9.17) is 0 Å². The summed E-state index contributed by atoms with van der Waals surface area (Å²) in [5.41, 5.74) is 1.34. The number of pyridine rings is 1. The molecule has 1 saturated heterocycles. The van der Waals surface area contributed by atoms with E-state index in [-0.39, 0.29) is 0 Å². The molecule has 1 aliphatic heterocycles. The van der Waals surface area contributed by atoms with Crippen LogP contribution in [0.1, 0.15) is 11.5 Å². The Morgan fingerprint density at radius 2 is 1.83 bits per heavy atom. The lowest BCUT2D eigenvalue weighted by Crippen LogP contribution is -2.40. The first-order chi connectivity index (χ1) is 5.79. The summed E-state index contributed by atoms with van der Waals surface area (Å²) in [6, 6.07) is 0. The van der Waals surface area contributed by atoms with Crippen molar-refractivity contribution >= 4 is 31.9 Å². The molecule has 0 atom stereocenters. The van der Waals surface area contributed by atoms with Gasteiger partial charge >= 0.3 is 0 Å². The van der Waals surface area contributed by atoms with E-state index in [0.717, 1.165) is 22.0 Å². The van der Waals surface area contributed by atoms with Crippen LogP contribution in [0.5, 0.6) is 0 Å². The average Bonchev–Trinajstić information content (AvgIpc) is 1.93. The van der Waals surface area contributed by atoms with Gasteiger partial charge in [0.1, 0.15) is 0 Å². The smallest absolute Gasteiger partial charge is 0.0413 e. The molecule has 2 nitrogen and oxygen atoms in total. The zero-order valence-electron chi connectivity index (χ0n) is 6.35. The Morgan fingerprint density at radius 1 is 1.25 bits per heavy atom. The van der Waals surface area contributed by atoms with Crippen LogP contribution in [-0.4, -0.2) is 18.1 Å². The first-order valence-corrected chi connectivity index (χ1v) is 5.37. The van der Waals surface area contributed by atoms with Gasteiger partial charge in [-0.25, -0.2) is 0 Å². The minimum atomic E-state index is 0.636. The summed E-state index contributed by atoms with van der Waals surface area (Å²) in [5, 5.41) is 3.25. The molecule has 0 spiro atoms. The molecule has 1 N–H and O–H groups in total. The third kappa shape index (κ3) is 1.43. The van der Waals surface area contributed by atoms with Gasteiger partial charge in [0.15, 0.2) is 0 Å². The van der Waals surface area contributed by atoms with Crippen molar-refractivity contribution in [1.82, 2.24) is 10.3 Å². The van der Waals surface area contributed by atoms with Crippen molar-refractivity contribution in [1.29, 1.82) is 0 Å². The summed E-state index contributed by atoms with van der Waals surface area (Å²) in [5.74, 6) is 0.636. The quantitative estimate of drug-likeness (QED) is 0.859. The van der Waals surface area contributed by atoms with Gasteiger partial charge in [0.05, 0.1) is 0 Å². The van der Waals surface area contributed by atoms with E-state index in [9.17, 15) is 0 Å². The molecule has 0 saturated carbocycles. The van der Waals surface area contributed by atoms with Crippen molar-refractivity contribution in [3.8, 4) is 0 Å². The van der Waals surface area contributed by atoms with Crippen LogP contribution in [0.4, 0.5) is 0 Å². The molecule has 2 heterocycles. The lowest BCUT2D eigenvalue weighted by atomic mass is 9.95. The molecule has 1 aromatic rings. The zero-order valence-corrected chi connectivity index (χ0v) is 9.52. The van der Waals surface area contributed by atoms with Gasteiger partial charge in [0.2, 0.25) is 0 Å². The van der Waals surface area contributed by atoms with Gasteiger partial charge in [0.25, 0.3) is 0 Å². The van der Waals surface area contributed by atoms with Crippen LogP contribution < -0.4 is 5.32 Å². The fraction of sp³-hybridized carbons (Fsp3) is 0.375. The lowest BCUT2D eigenvalue weighted by molar-refractivity contribution is 0.445. The highest BCUT2D eigenvalue weighted by atomic mass is 79.9. The number of halogens is 2. The molecule has 4 heteroatoms. The fourth-order valence-electron chi connectivity index (χ4n) is 1.30. The van der Waals surface area contributed by atoms with Crippen LogP contribution in [0.3, 0.4) is 0 Å². The molecule has 1 aromatic heterocycles. The van der Waals surface area contributed by atoms with Crippen molar-refractivity contribution in [2.75, 3.05) is 13.1 Å². The SMILES string of the molecule is Brc1cncc(Br)c1C1CNC1. The summed E-state index contributed by atoms with van der Waals surface area (Å²) in [6.45, 7) is 2.14. The number of nitrogens with one attached hydrogen (secondary N) is 1. The second kappa shape index (κ2) is 3.44. The molecule has 12 heavy (non-hydrogen) atoms. The molecular formula is C8H8Br2N2. The van der Waals surface area contributed by atoms with Crippen LogP contribution in [0.25, 0.3) is 0 Å². The molecule has 2 rings (SSSR count). The first-order valence-electron chi connectivity index (χ1n) is 3.78. The van der Waals surface area contributed by atoms with Crippen LogP contribution in [-0.2, 0) is 0 Å². The molecule has 0 aromatic carbocycles.